The van der Waals surface area contributed by atoms with Crippen molar-refractivity contribution in [1.29, 1.82) is 5.41 Å². The standard InChI is InChI=1S/C18H22N4/c1-12-3-2-4-13(9-12)16-10-18(17-11-20-17)22(21-16)15-7-5-14(19)6-8-15/h2-3,5,7,9-10,13,15,17,19-20H,4,6,8,11H2,1H3. The molecule has 1 aromatic heterocycles. The second-order valence-electron chi connectivity index (χ2n) is 6.55. The van der Waals surface area contributed by atoms with E-state index in [1.807, 2.05) is 6.08 Å². The fourth-order valence-corrected chi connectivity index (χ4v) is 3.37. The summed E-state index contributed by atoms with van der Waals surface area (Å²) >= 11 is 0. The van der Waals surface area contributed by atoms with Crippen molar-refractivity contribution in [3.63, 3.8) is 0 Å². The zero-order valence-corrected chi connectivity index (χ0v) is 12.9. The molecule has 1 fully saturated rings. The van der Waals surface area contributed by atoms with Gasteiger partial charge < -0.3 is 10.7 Å². The predicted molar refractivity (Wildman–Crippen MR) is 88.4 cm³/mol. The van der Waals surface area contributed by atoms with Gasteiger partial charge >= 0.3 is 0 Å². The van der Waals surface area contributed by atoms with Crippen LogP contribution < -0.4 is 5.32 Å². The first-order valence-electron chi connectivity index (χ1n) is 8.14. The van der Waals surface area contributed by atoms with Crippen molar-refractivity contribution in [2.45, 2.75) is 44.2 Å². The molecule has 0 bridgehead atoms. The predicted octanol–water partition coefficient (Wildman–Crippen LogP) is 3.43. The van der Waals surface area contributed by atoms with Gasteiger partial charge in [-0.05, 0) is 38.3 Å². The van der Waals surface area contributed by atoms with Crippen LogP contribution in [0.3, 0.4) is 0 Å². The van der Waals surface area contributed by atoms with E-state index in [2.05, 4.69) is 47.3 Å². The van der Waals surface area contributed by atoms with E-state index >= 15 is 0 Å². The van der Waals surface area contributed by atoms with Crippen LogP contribution in [-0.4, -0.2) is 22.0 Å². The van der Waals surface area contributed by atoms with Crippen LogP contribution in [0.2, 0.25) is 0 Å². The topological polar surface area (TPSA) is 63.6 Å². The Morgan fingerprint density at radius 3 is 2.91 bits per heavy atom. The van der Waals surface area contributed by atoms with Crippen LogP contribution in [0.4, 0.5) is 0 Å². The van der Waals surface area contributed by atoms with Crippen molar-refractivity contribution in [2.75, 3.05) is 6.54 Å². The summed E-state index contributed by atoms with van der Waals surface area (Å²) in [5.41, 5.74) is 4.54. The number of rotatable bonds is 3. The fraction of sp³-hybridized carbons (Fsp3) is 0.444. The van der Waals surface area contributed by atoms with Crippen molar-refractivity contribution in [3.8, 4) is 0 Å². The Morgan fingerprint density at radius 2 is 2.23 bits per heavy atom. The molecular formula is C18H22N4. The lowest BCUT2D eigenvalue weighted by molar-refractivity contribution is 0.482. The van der Waals surface area contributed by atoms with Gasteiger partial charge in [0, 0.05) is 18.2 Å². The number of allylic oxidation sites excluding steroid dienone is 6. The quantitative estimate of drug-likeness (QED) is 0.839. The fourth-order valence-electron chi connectivity index (χ4n) is 3.37. The average Bonchev–Trinajstić information content (AvgIpc) is 3.27. The molecule has 2 aliphatic carbocycles. The maximum atomic E-state index is 7.74. The van der Waals surface area contributed by atoms with Crippen LogP contribution in [0.25, 0.3) is 0 Å². The minimum Gasteiger partial charge on any atom is -0.306 e. The van der Waals surface area contributed by atoms with E-state index in [0.717, 1.165) is 31.5 Å². The Labute approximate surface area is 131 Å². The minimum atomic E-state index is 0.296. The molecule has 1 aliphatic heterocycles. The zero-order chi connectivity index (χ0) is 15.1. The molecule has 0 saturated carbocycles. The van der Waals surface area contributed by atoms with Crippen molar-refractivity contribution < 1.29 is 0 Å². The molecule has 0 amide bonds. The van der Waals surface area contributed by atoms with Crippen molar-refractivity contribution >= 4 is 5.71 Å². The molecule has 114 valence electrons. The molecule has 0 aromatic carbocycles. The van der Waals surface area contributed by atoms with Crippen molar-refractivity contribution in [2.24, 2.45) is 0 Å². The van der Waals surface area contributed by atoms with Gasteiger partial charge in [-0.3, -0.25) is 4.68 Å². The molecule has 0 radical (unpaired) electrons. The van der Waals surface area contributed by atoms with Crippen LogP contribution in [0.15, 0.2) is 42.0 Å². The van der Waals surface area contributed by atoms with Crippen molar-refractivity contribution in [3.05, 3.63) is 53.4 Å². The third kappa shape index (κ3) is 2.59. The summed E-state index contributed by atoms with van der Waals surface area (Å²) < 4.78 is 2.20. The van der Waals surface area contributed by atoms with Gasteiger partial charge in [0.25, 0.3) is 0 Å². The Hall–Kier alpha value is -1.94. The Kier molecular flexibility index (Phi) is 3.34. The number of hydrogen-bond donors (Lipinski definition) is 2. The van der Waals surface area contributed by atoms with E-state index in [1.54, 1.807) is 0 Å². The Bertz CT molecular complexity index is 688. The summed E-state index contributed by atoms with van der Waals surface area (Å²) in [4.78, 5) is 0. The third-order valence-electron chi connectivity index (χ3n) is 4.71. The van der Waals surface area contributed by atoms with E-state index in [0.29, 0.717) is 18.0 Å². The van der Waals surface area contributed by atoms with Gasteiger partial charge in [0.05, 0.1) is 23.5 Å². The molecule has 3 aliphatic rings. The van der Waals surface area contributed by atoms with Gasteiger partial charge in [-0.2, -0.15) is 5.10 Å². The molecule has 1 aromatic rings. The lowest BCUT2D eigenvalue weighted by Gasteiger charge is -2.20. The number of aromatic nitrogens is 2. The summed E-state index contributed by atoms with van der Waals surface area (Å²) in [5.74, 6) is 0.398. The highest BCUT2D eigenvalue weighted by Gasteiger charge is 2.31. The van der Waals surface area contributed by atoms with Gasteiger partial charge in [0.1, 0.15) is 0 Å². The maximum absolute atomic E-state index is 7.74. The van der Waals surface area contributed by atoms with E-state index in [-0.39, 0.29) is 0 Å². The van der Waals surface area contributed by atoms with Gasteiger partial charge in [-0.1, -0.05) is 29.9 Å². The first-order chi connectivity index (χ1) is 10.7. The lowest BCUT2D eigenvalue weighted by Crippen LogP contribution is -2.16. The molecule has 0 spiro atoms. The minimum absolute atomic E-state index is 0.296. The molecule has 4 nitrogen and oxygen atoms in total. The summed E-state index contributed by atoms with van der Waals surface area (Å²) in [6, 6.07) is 3.04. The van der Waals surface area contributed by atoms with Gasteiger partial charge in [-0.25, -0.2) is 0 Å². The zero-order valence-electron chi connectivity index (χ0n) is 12.9. The van der Waals surface area contributed by atoms with Gasteiger partial charge in [-0.15, -0.1) is 0 Å². The van der Waals surface area contributed by atoms with Crippen LogP contribution in [0.5, 0.6) is 0 Å². The molecule has 1 saturated heterocycles. The normalized spacial score (nSPS) is 30.5. The Balaban J connectivity index is 1.67. The maximum Gasteiger partial charge on any atom is 0.0710 e. The third-order valence-corrected chi connectivity index (χ3v) is 4.71. The first kappa shape index (κ1) is 13.7. The molecule has 3 atom stereocenters. The van der Waals surface area contributed by atoms with Gasteiger partial charge in [0.15, 0.2) is 0 Å². The summed E-state index contributed by atoms with van der Waals surface area (Å²) in [5, 5.41) is 16.1. The molecule has 2 N–H and O–H groups in total. The van der Waals surface area contributed by atoms with E-state index in [4.69, 9.17) is 10.5 Å². The SMILES string of the molecule is CC1=CC(c2cc(C3CN3)n(C3C=CC(=N)CC3)n2)CC=C1. The molecule has 3 unspecified atom stereocenters. The molecule has 4 rings (SSSR count). The van der Waals surface area contributed by atoms with Crippen LogP contribution in [0, 0.1) is 5.41 Å². The lowest BCUT2D eigenvalue weighted by atomic mass is 9.94. The second-order valence-corrected chi connectivity index (χ2v) is 6.55. The smallest absolute Gasteiger partial charge is 0.0710 e. The number of nitrogens with one attached hydrogen (secondary N) is 2. The highest BCUT2D eigenvalue weighted by Crippen LogP contribution is 2.33. The molecule has 22 heavy (non-hydrogen) atoms. The van der Waals surface area contributed by atoms with E-state index in [9.17, 15) is 0 Å². The summed E-state index contributed by atoms with van der Waals surface area (Å²) in [6.07, 6.45) is 13.7. The Morgan fingerprint density at radius 1 is 1.36 bits per heavy atom. The number of hydrogen-bond acceptors (Lipinski definition) is 3. The first-order valence-corrected chi connectivity index (χ1v) is 8.14. The highest BCUT2D eigenvalue weighted by molar-refractivity contribution is 5.93. The molecular weight excluding hydrogens is 272 g/mol. The van der Waals surface area contributed by atoms with Crippen LogP contribution in [-0.2, 0) is 0 Å². The summed E-state index contributed by atoms with van der Waals surface area (Å²) in [6.45, 7) is 3.20. The second kappa shape index (κ2) is 5.36. The van der Waals surface area contributed by atoms with Crippen LogP contribution >= 0.6 is 0 Å². The van der Waals surface area contributed by atoms with E-state index in [1.165, 1.54) is 17.0 Å². The van der Waals surface area contributed by atoms with Crippen molar-refractivity contribution in [1.82, 2.24) is 15.1 Å². The monoisotopic (exact) mass is 294 g/mol. The largest absolute Gasteiger partial charge is 0.306 e. The number of nitrogens with zero attached hydrogens (tertiary/aromatic N) is 2. The summed E-state index contributed by atoms with van der Waals surface area (Å²) in [7, 11) is 0. The van der Waals surface area contributed by atoms with Crippen LogP contribution in [0.1, 0.15) is 55.6 Å². The average molecular weight is 294 g/mol. The van der Waals surface area contributed by atoms with E-state index < -0.39 is 0 Å². The van der Waals surface area contributed by atoms with Gasteiger partial charge in [0.2, 0.25) is 0 Å². The highest BCUT2D eigenvalue weighted by atomic mass is 15.3. The molecule has 2 heterocycles. The molecule has 4 heteroatoms.